The summed E-state index contributed by atoms with van der Waals surface area (Å²) in [5.41, 5.74) is 6.13. The molecule has 90 valence electrons. The molecule has 1 aliphatic carbocycles. The van der Waals surface area contributed by atoms with Crippen LogP contribution in [0.4, 0.5) is 0 Å². The molecule has 1 aliphatic rings. The number of hydrogen-bond acceptors (Lipinski definition) is 2. The Labute approximate surface area is 95.2 Å². The normalized spacial score (nSPS) is 29.8. The molecule has 1 rings (SSSR count). The Morgan fingerprint density at radius 3 is 2.40 bits per heavy atom. The minimum Gasteiger partial charge on any atom is -0.326 e. The molecule has 0 amide bonds. The first-order valence-electron chi connectivity index (χ1n) is 6.48. The highest BCUT2D eigenvalue weighted by Gasteiger charge is 2.26. The Balaban J connectivity index is 2.41. The predicted molar refractivity (Wildman–Crippen MR) is 66.9 cm³/mol. The summed E-state index contributed by atoms with van der Waals surface area (Å²) in [5.74, 6) is 1.44. The average molecular weight is 212 g/mol. The summed E-state index contributed by atoms with van der Waals surface area (Å²) in [6.45, 7) is 7.86. The SMILES string of the molecule is CC(C)C(N)CN(C)C1CCCCC1C. The Hall–Kier alpha value is -0.0800. The molecule has 2 heteroatoms. The molecule has 0 radical (unpaired) electrons. The van der Waals surface area contributed by atoms with Crippen LogP contribution >= 0.6 is 0 Å². The maximum absolute atomic E-state index is 6.13. The lowest BCUT2D eigenvalue weighted by Crippen LogP contribution is -2.46. The van der Waals surface area contributed by atoms with Gasteiger partial charge in [0.15, 0.2) is 0 Å². The van der Waals surface area contributed by atoms with E-state index in [1.807, 2.05) is 0 Å². The molecule has 3 atom stereocenters. The van der Waals surface area contributed by atoms with E-state index in [2.05, 4.69) is 32.7 Å². The maximum atomic E-state index is 6.13. The van der Waals surface area contributed by atoms with Gasteiger partial charge in [0.25, 0.3) is 0 Å². The first-order chi connectivity index (χ1) is 7.02. The summed E-state index contributed by atoms with van der Waals surface area (Å²) in [6.07, 6.45) is 5.58. The predicted octanol–water partition coefficient (Wildman–Crippen LogP) is 2.48. The Morgan fingerprint density at radius 1 is 1.27 bits per heavy atom. The fraction of sp³-hybridized carbons (Fsp3) is 1.00. The number of nitrogens with two attached hydrogens (primary N) is 1. The van der Waals surface area contributed by atoms with Crippen LogP contribution in [0, 0.1) is 11.8 Å². The van der Waals surface area contributed by atoms with Gasteiger partial charge in [0.1, 0.15) is 0 Å². The van der Waals surface area contributed by atoms with Gasteiger partial charge in [0.05, 0.1) is 0 Å². The molecule has 0 heterocycles. The second-order valence-corrected chi connectivity index (χ2v) is 5.68. The lowest BCUT2D eigenvalue weighted by molar-refractivity contribution is 0.127. The van der Waals surface area contributed by atoms with Gasteiger partial charge in [0, 0.05) is 18.6 Å². The van der Waals surface area contributed by atoms with E-state index in [0.717, 1.165) is 18.5 Å². The Morgan fingerprint density at radius 2 is 1.87 bits per heavy atom. The van der Waals surface area contributed by atoms with Crippen LogP contribution in [0.5, 0.6) is 0 Å². The summed E-state index contributed by atoms with van der Waals surface area (Å²) in [7, 11) is 2.24. The first kappa shape index (κ1) is 13.0. The van der Waals surface area contributed by atoms with Gasteiger partial charge in [-0.15, -0.1) is 0 Å². The fourth-order valence-corrected chi connectivity index (χ4v) is 2.63. The van der Waals surface area contributed by atoms with Gasteiger partial charge in [-0.25, -0.2) is 0 Å². The highest BCUT2D eigenvalue weighted by molar-refractivity contribution is 4.81. The van der Waals surface area contributed by atoms with Crippen LogP contribution in [-0.4, -0.2) is 30.6 Å². The zero-order chi connectivity index (χ0) is 11.4. The van der Waals surface area contributed by atoms with E-state index in [9.17, 15) is 0 Å². The van der Waals surface area contributed by atoms with Crippen LogP contribution in [0.2, 0.25) is 0 Å². The van der Waals surface area contributed by atoms with E-state index in [1.54, 1.807) is 0 Å². The Bertz CT molecular complexity index is 179. The van der Waals surface area contributed by atoms with Crippen LogP contribution in [0.1, 0.15) is 46.5 Å². The van der Waals surface area contributed by atoms with Crippen LogP contribution < -0.4 is 5.73 Å². The van der Waals surface area contributed by atoms with E-state index in [-0.39, 0.29) is 0 Å². The molecule has 0 aromatic carbocycles. The summed E-state index contributed by atoms with van der Waals surface area (Å²) >= 11 is 0. The van der Waals surface area contributed by atoms with Crippen molar-refractivity contribution >= 4 is 0 Å². The molecule has 2 N–H and O–H groups in total. The van der Waals surface area contributed by atoms with Crippen molar-refractivity contribution < 1.29 is 0 Å². The van der Waals surface area contributed by atoms with Crippen molar-refractivity contribution in [3.05, 3.63) is 0 Å². The minimum absolute atomic E-state index is 0.323. The number of hydrogen-bond donors (Lipinski definition) is 1. The van der Waals surface area contributed by atoms with Gasteiger partial charge < -0.3 is 10.6 Å². The second-order valence-electron chi connectivity index (χ2n) is 5.68. The van der Waals surface area contributed by atoms with Crippen molar-refractivity contribution in [1.82, 2.24) is 4.90 Å². The lowest BCUT2D eigenvalue weighted by atomic mass is 9.85. The summed E-state index contributed by atoms with van der Waals surface area (Å²) in [5, 5.41) is 0. The molecule has 0 aromatic heterocycles. The number of nitrogens with zero attached hydrogens (tertiary/aromatic N) is 1. The third-order valence-corrected chi connectivity index (χ3v) is 3.99. The van der Waals surface area contributed by atoms with E-state index in [4.69, 9.17) is 5.73 Å². The third-order valence-electron chi connectivity index (χ3n) is 3.99. The molecule has 1 fully saturated rings. The van der Waals surface area contributed by atoms with Gasteiger partial charge in [-0.3, -0.25) is 0 Å². The second kappa shape index (κ2) is 5.86. The summed E-state index contributed by atoms with van der Waals surface area (Å²) < 4.78 is 0. The maximum Gasteiger partial charge on any atom is 0.0191 e. The largest absolute Gasteiger partial charge is 0.326 e. The van der Waals surface area contributed by atoms with Gasteiger partial charge in [-0.05, 0) is 31.7 Å². The molecule has 0 bridgehead atoms. The monoisotopic (exact) mass is 212 g/mol. The molecule has 3 unspecified atom stereocenters. The topological polar surface area (TPSA) is 29.3 Å². The molecule has 1 saturated carbocycles. The van der Waals surface area contributed by atoms with Crippen molar-refractivity contribution in [2.24, 2.45) is 17.6 Å². The van der Waals surface area contributed by atoms with Gasteiger partial charge in [-0.1, -0.05) is 33.6 Å². The van der Waals surface area contributed by atoms with Gasteiger partial charge >= 0.3 is 0 Å². The number of likely N-dealkylation sites (N-methyl/N-ethyl adjacent to an activating group) is 1. The average Bonchev–Trinajstić information content (AvgIpc) is 2.18. The zero-order valence-electron chi connectivity index (χ0n) is 10.9. The van der Waals surface area contributed by atoms with Crippen molar-refractivity contribution in [3.63, 3.8) is 0 Å². The van der Waals surface area contributed by atoms with Crippen LogP contribution in [-0.2, 0) is 0 Å². The molecule has 2 nitrogen and oxygen atoms in total. The molecule has 0 aromatic rings. The molecule has 0 spiro atoms. The minimum atomic E-state index is 0.323. The van der Waals surface area contributed by atoms with Gasteiger partial charge in [0.2, 0.25) is 0 Å². The molecular formula is C13H28N2. The van der Waals surface area contributed by atoms with Crippen molar-refractivity contribution in [3.8, 4) is 0 Å². The van der Waals surface area contributed by atoms with Crippen molar-refractivity contribution in [2.45, 2.75) is 58.5 Å². The standard InChI is InChI=1S/C13H28N2/c1-10(2)12(14)9-15(4)13-8-6-5-7-11(13)3/h10-13H,5-9,14H2,1-4H3. The van der Waals surface area contributed by atoms with Crippen LogP contribution in [0.3, 0.4) is 0 Å². The summed E-state index contributed by atoms with van der Waals surface area (Å²) in [4.78, 5) is 2.49. The van der Waals surface area contributed by atoms with Crippen LogP contribution in [0.25, 0.3) is 0 Å². The molecular weight excluding hydrogens is 184 g/mol. The molecule has 0 aliphatic heterocycles. The van der Waals surface area contributed by atoms with Crippen molar-refractivity contribution in [2.75, 3.05) is 13.6 Å². The van der Waals surface area contributed by atoms with E-state index in [0.29, 0.717) is 12.0 Å². The van der Waals surface area contributed by atoms with Crippen molar-refractivity contribution in [1.29, 1.82) is 0 Å². The van der Waals surface area contributed by atoms with Crippen LogP contribution in [0.15, 0.2) is 0 Å². The molecule has 15 heavy (non-hydrogen) atoms. The Kier molecular flexibility index (Phi) is 5.07. The number of rotatable bonds is 4. The first-order valence-corrected chi connectivity index (χ1v) is 6.48. The van der Waals surface area contributed by atoms with Gasteiger partial charge in [-0.2, -0.15) is 0 Å². The quantitative estimate of drug-likeness (QED) is 0.776. The highest BCUT2D eigenvalue weighted by atomic mass is 15.1. The molecule has 0 saturated heterocycles. The fourth-order valence-electron chi connectivity index (χ4n) is 2.63. The zero-order valence-corrected chi connectivity index (χ0v) is 10.9. The lowest BCUT2D eigenvalue weighted by Gasteiger charge is -2.38. The van der Waals surface area contributed by atoms with E-state index in [1.165, 1.54) is 25.7 Å². The smallest absolute Gasteiger partial charge is 0.0191 e. The van der Waals surface area contributed by atoms with E-state index >= 15 is 0 Å². The third kappa shape index (κ3) is 3.76. The highest BCUT2D eigenvalue weighted by Crippen LogP contribution is 2.27. The summed E-state index contributed by atoms with van der Waals surface area (Å²) in [6, 6.07) is 1.09. The van der Waals surface area contributed by atoms with E-state index < -0.39 is 0 Å².